The molecular formula is C14H26N2O3. The van der Waals surface area contributed by atoms with Crippen molar-refractivity contribution < 1.29 is 14.7 Å². The average Bonchev–Trinajstić information content (AvgIpc) is 2.27. The summed E-state index contributed by atoms with van der Waals surface area (Å²) in [6.45, 7) is 8.91. The van der Waals surface area contributed by atoms with Gasteiger partial charge in [-0.2, -0.15) is 0 Å². The van der Waals surface area contributed by atoms with E-state index in [1.165, 1.54) is 0 Å². The van der Waals surface area contributed by atoms with E-state index in [1.54, 1.807) is 11.8 Å². The predicted octanol–water partition coefficient (Wildman–Crippen LogP) is 1.62. The molecule has 0 aromatic heterocycles. The fourth-order valence-electron chi connectivity index (χ4n) is 2.42. The van der Waals surface area contributed by atoms with Gasteiger partial charge in [-0.05, 0) is 47.0 Å². The summed E-state index contributed by atoms with van der Waals surface area (Å²) in [6, 6.07) is 0. The Morgan fingerprint density at radius 1 is 1.32 bits per heavy atom. The Bertz CT molecular complexity index is 349. The van der Waals surface area contributed by atoms with Crippen molar-refractivity contribution in [2.24, 2.45) is 0 Å². The second kappa shape index (κ2) is 5.90. The molecule has 1 unspecified atom stereocenters. The molecule has 110 valence electrons. The summed E-state index contributed by atoms with van der Waals surface area (Å²) >= 11 is 0. The van der Waals surface area contributed by atoms with Gasteiger partial charge in [-0.1, -0.05) is 0 Å². The minimum absolute atomic E-state index is 0.0295. The third kappa shape index (κ3) is 4.20. The van der Waals surface area contributed by atoms with E-state index in [4.69, 9.17) is 0 Å². The van der Waals surface area contributed by atoms with Crippen molar-refractivity contribution in [1.82, 2.24) is 10.2 Å². The van der Waals surface area contributed by atoms with Gasteiger partial charge < -0.3 is 15.3 Å². The lowest BCUT2D eigenvalue weighted by Gasteiger charge is -2.41. The molecular weight excluding hydrogens is 244 g/mol. The summed E-state index contributed by atoms with van der Waals surface area (Å²) in [4.78, 5) is 25.2. The molecule has 1 heterocycles. The van der Waals surface area contributed by atoms with E-state index in [0.717, 1.165) is 12.8 Å². The zero-order valence-corrected chi connectivity index (χ0v) is 12.5. The number of nitrogens with one attached hydrogen (secondary N) is 1. The lowest BCUT2D eigenvalue weighted by molar-refractivity contribution is -0.160. The van der Waals surface area contributed by atoms with E-state index in [2.05, 4.69) is 5.32 Å². The topological polar surface area (TPSA) is 69.6 Å². The fourth-order valence-corrected chi connectivity index (χ4v) is 2.42. The van der Waals surface area contributed by atoms with Crippen molar-refractivity contribution in [2.75, 3.05) is 13.1 Å². The number of aliphatic carboxylic acids is 1. The highest BCUT2D eigenvalue weighted by molar-refractivity contribution is 5.87. The molecule has 1 fully saturated rings. The molecule has 0 radical (unpaired) electrons. The molecule has 0 saturated carbocycles. The van der Waals surface area contributed by atoms with E-state index in [-0.39, 0.29) is 11.4 Å². The standard InChI is InChI=1S/C14H26N2O3/c1-13(2,3)15-9-7-11(17)16-10-6-5-8-14(16,4)12(18)19/h15H,5-10H2,1-4H3,(H,18,19). The number of carboxylic acids is 1. The number of hydrogen-bond acceptors (Lipinski definition) is 3. The first-order chi connectivity index (χ1) is 8.67. The normalized spacial score (nSPS) is 24.3. The number of likely N-dealkylation sites (tertiary alicyclic amines) is 1. The number of carbonyl (C=O) groups is 2. The van der Waals surface area contributed by atoms with E-state index in [0.29, 0.717) is 25.9 Å². The predicted molar refractivity (Wildman–Crippen MR) is 74.0 cm³/mol. The zero-order valence-electron chi connectivity index (χ0n) is 12.5. The van der Waals surface area contributed by atoms with Gasteiger partial charge in [0, 0.05) is 25.0 Å². The van der Waals surface area contributed by atoms with Gasteiger partial charge in [-0.25, -0.2) is 4.79 Å². The van der Waals surface area contributed by atoms with E-state index in [1.807, 2.05) is 20.8 Å². The van der Waals surface area contributed by atoms with Gasteiger partial charge in [0.05, 0.1) is 0 Å². The summed E-state index contributed by atoms with van der Waals surface area (Å²) in [5.41, 5.74) is -1.06. The van der Waals surface area contributed by atoms with Crippen LogP contribution in [0, 0.1) is 0 Å². The Balaban J connectivity index is 2.61. The van der Waals surface area contributed by atoms with Crippen LogP contribution in [0.15, 0.2) is 0 Å². The Morgan fingerprint density at radius 3 is 2.47 bits per heavy atom. The number of hydrogen-bond donors (Lipinski definition) is 2. The minimum Gasteiger partial charge on any atom is -0.480 e. The summed E-state index contributed by atoms with van der Waals surface area (Å²) in [7, 11) is 0. The van der Waals surface area contributed by atoms with Crippen molar-refractivity contribution in [3.63, 3.8) is 0 Å². The number of rotatable bonds is 4. The number of piperidine rings is 1. The molecule has 5 heteroatoms. The lowest BCUT2D eigenvalue weighted by Crippen LogP contribution is -2.57. The van der Waals surface area contributed by atoms with Crippen molar-refractivity contribution in [3.05, 3.63) is 0 Å². The van der Waals surface area contributed by atoms with Crippen LogP contribution in [0.5, 0.6) is 0 Å². The van der Waals surface area contributed by atoms with Crippen LogP contribution < -0.4 is 5.32 Å². The van der Waals surface area contributed by atoms with Gasteiger partial charge in [-0.15, -0.1) is 0 Å². The molecule has 19 heavy (non-hydrogen) atoms. The summed E-state index contributed by atoms with van der Waals surface area (Å²) in [5.74, 6) is -0.967. The summed E-state index contributed by atoms with van der Waals surface area (Å²) in [6.07, 6.45) is 2.65. The maximum Gasteiger partial charge on any atom is 0.329 e. The van der Waals surface area contributed by atoms with Crippen molar-refractivity contribution in [3.8, 4) is 0 Å². The third-order valence-corrected chi connectivity index (χ3v) is 3.65. The van der Waals surface area contributed by atoms with Crippen LogP contribution in [0.2, 0.25) is 0 Å². The Morgan fingerprint density at radius 2 is 1.95 bits per heavy atom. The third-order valence-electron chi connectivity index (χ3n) is 3.65. The molecule has 2 N–H and O–H groups in total. The molecule has 1 rings (SSSR count). The Kier molecular flexibility index (Phi) is 4.96. The summed E-state index contributed by atoms with van der Waals surface area (Å²) < 4.78 is 0. The van der Waals surface area contributed by atoms with Crippen LogP contribution in [-0.2, 0) is 9.59 Å². The van der Waals surface area contributed by atoms with Gasteiger partial charge >= 0.3 is 5.97 Å². The Hall–Kier alpha value is -1.10. The van der Waals surface area contributed by atoms with E-state index in [9.17, 15) is 14.7 Å². The molecule has 1 aliphatic rings. The maximum atomic E-state index is 12.2. The summed E-state index contributed by atoms with van der Waals surface area (Å²) in [5, 5.41) is 12.6. The quantitative estimate of drug-likeness (QED) is 0.814. The number of carboxylic acid groups (broad SMARTS) is 1. The molecule has 1 saturated heterocycles. The molecule has 0 aromatic rings. The first kappa shape index (κ1) is 16.0. The molecule has 1 atom stereocenters. The van der Waals surface area contributed by atoms with E-state index >= 15 is 0 Å². The fraction of sp³-hybridized carbons (Fsp3) is 0.857. The lowest BCUT2D eigenvalue weighted by atomic mass is 9.88. The molecule has 0 bridgehead atoms. The first-order valence-electron chi connectivity index (χ1n) is 6.96. The number of amides is 1. The first-order valence-corrected chi connectivity index (χ1v) is 6.96. The highest BCUT2D eigenvalue weighted by atomic mass is 16.4. The van der Waals surface area contributed by atoms with Crippen molar-refractivity contribution in [2.45, 2.75) is 64.5 Å². The highest BCUT2D eigenvalue weighted by Gasteiger charge is 2.43. The molecule has 5 nitrogen and oxygen atoms in total. The molecule has 1 amide bonds. The van der Waals surface area contributed by atoms with Crippen LogP contribution in [-0.4, -0.2) is 46.1 Å². The number of carbonyl (C=O) groups excluding carboxylic acids is 1. The number of nitrogens with zero attached hydrogens (tertiary/aromatic N) is 1. The van der Waals surface area contributed by atoms with Gasteiger partial charge in [0.1, 0.15) is 5.54 Å². The largest absolute Gasteiger partial charge is 0.480 e. The average molecular weight is 270 g/mol. The van der Waals surface area contributed by atoms with Crippen LogP contribution in [0.4, 0.5) is 0 Å². The smallest absolute Gasteiger partial charge is 0.329 e. The SMILES string of the molecule is CC(C)(C)NCCC(=O)N1CCCCC1(C)C(=O)O. The Labute approximate surface area is 115 Å². The molecule has 0 aliphatic carbocycles. The minimum atomic E-state index is -1.03. The van der Waals surface area contributed by atoms with Crippen molar-refractivity contribution in [1.29, 1.82) is 0 Å². The van der Waals surface area contributed by atoms with Gasteiger partial charge in [0.15, 0.2) is 0 Å². The monoisotopic (exact) mass is 270 g/mol. The maximum absolute atomic E-state index is 12.2. The van der Waals surface area contributed by atoms with Crippen LogP contribution in [0.3, 0.4) is 0 Å². The van der Waals surface area contributed by atoms with E-state index < -0.39 is 11.5 Å². The molecule has 0 spiro atoms. The van der Waals surface area contributed by atoms with Gasteiger partial charge in [0.25, 0.3) is 0 Å². The second-order valence-corrected chi connectivity index (χ2v) is 6.51. The molecule has 1 aliphatic heterocycles. The highest BCUT2D eigenvalue weighted by Crippen LogP contribution is 2.28. The second-order valence-electron chi connectivity index (χ2n) is 6.51. The van der Waals surface area contributed by atoms with Gasteiger partial charge in [0.2, 0.25) is 5.91 Å². The van der Waals surface area contributed by atoms with Crippen LogP contribution >= 0.6 is 0 Å². The van der Waals surface area contributed by atoms with Crippen molar-refractivity contribution >= 4 is 11.9 Å². The van der Waals surface area contributed by atoms with Crippen LogP contribution in [0.25, 0.3) is 0 Å². The molecule has 0 aromatic carbocycles. The zero-order chi connectivity index (χ0) is 14.7. The van der Waals surface area contributed by atoms with Crippen LogP contribution in [0.1, 0.15) is 53.4 Å². The van der Waals surface area contributed by atoms with Gasteiger partial charge in [-0.3, -0.25) is 4.79 Å².